The number of hydrogen-bond acceptors (Lipinski definition) is 2. The molecule has 4 nitrogen and oxygen atoms in total. The van der Waals surface area contributed by atoms with Gasteiger partial charge < -0.3 is 0 Å². The summed E-state index contributed by atoms with van der Waals surface area (Å²) in [6.45, 7) is 5.43. The summed E-state index contributed by atoms with van der Waals surface area (Å²) in [7, 11) is 0. The Hall–Kier alpha value is -1.81. The maximum absolute atomic E-state index is 12.1. The van der Waals surface area contributed by atoms with Crippen LogP contribution in [0.4, 0.5) is 0 Å². The van der Waals surface area contributed by atoms with Gasteiger partial charge in [-0.25, -0.2) is 0 Å². The van der Waals surface area contributed by atoms with Crippen LogP contribution >= 0.6 is 0 Å². The molecule has 1 N–H and O–H groups in total. The summed E-state index contributed by atoms with van der Waals surface area (Å²) in [6.07, 6.45) is 5.88. The van der Waals surface area contributed by atoms with Crippen LogP contribution in [0.2, 0.25) is 0 Å². The van der Waals surface area contributed by atoms with Crippen molar-refractivity contribution in [2.45, 2.75) is 38.8 Å². The number of nitrogens with zero attached hydrogens (tertiary/aromatic N) is 2. The van der Waals surface area contributed by atoms with Crippen LogP contribution in [0.1, 0.15) is 26.2 Å². The molecular formula is C17H23N3O. The largest absolute Gasteiger partial charge is 0.299 e. The van der Waals surface area contributed by atoms with E-state index in [-0.39, 0.29) is 5.56 Å². The number of likely N-dealkylation sites (tertiary alicyclic amines) is 1. The van der Waals surface area contributed by atoms with E-state index < -0.39 is 0 Å². The van der Waals surface area contributed by atoms with E-state index in [2.05, 4.69) is 16.9 Å². The summed E-state index contributed by atoms with van der Waals surface area (Å²) in [5.41, 5.74) is 1.72. The van der Waals surface area contributed by atoms with Crippen LogP contribution < -0.4 is 5.56 Å². The number of piperidine rings is 1. The first-order valence-electron chi connectivity index (χ1n) is 7.83. The van der Waals surface area contributed by atoms with Gasteiger partial charge in [-0.05, 0) is 38.4 Å². The molecule has 1 aromatic carbocycles. The summed E-state index contributed by atoms with van der Waals surface area (Å²) in [5, 5.41) is 2.95. The third-order valence-corrected chi connectivity index (χ3v) is 4.33. The summed E-state index contributed by atoms with van der Waals surface area (Å²) >= 11 is 0. The number of benzene rings is 1. The lowest BCUT2D eigenvalue weighted by molar-refractivity contribution is 0.156. The highest BCUT2D eigenvalue weighted by atomic mass is 16.1. The summed E-state index contributed by atoms with van der Waals surface area (Å²) < 4.78 is 1.93. The van der Waals surface area contributed by atoms with Gasteiger partial charge in [-0.3, -0.25) is 19.5 Å². The van der Waals surface area contributed by atoms with E-state index in [1.807, 2.05) is 41.2 Å². The van der Waals surface area contributed by atoms with Crippen LogP contribution in [0.3, 0.4) is 0 Å². The van der Waals surface area contributed by atoms with Crippen molar-refractivity contribution < 1.29 is 0 Å². The normalized spacial score (nSPS) is 17.8. The monoisotopic (exact) mass is 285 g/mol. The van der Waals surface area contributed by atoms with Crippen molar-refractivity contribution >= 4 is 0 Å². The zero-order valence-corrected chi connectivity index (χ0v) is 12.6. The predicted octanol–water partition coefficient (Wildman–Crippen LogP) is 2.72. The Morgan fingerprint density at radius 3 is 2.57 bits per heavy atom. The van der Waals surface area contributed by atoms with Crippen LogP contribution in [0.25, 0.3) is 11.1 Å². The Morgan fingerprint density at radius 1 is 1.14 bits per heavy atom. The smallest absolute Gasteiger partial charge is 0.271 e. The number of H-pyrrole nitrogens is 1. The van der Waals surface area contributed by atoms with Crippen molar-refractivity contribution in [2.24, 2.45) is 0 Å². The van der Waals surface area contributed by atoms with E-state index in [9.17, 15) is 4.79 Å². The Balaban J connectivity index is 1.73. The van der Waals surface area contributed by atoms with Crippen LogP contribution in [0.15, 0.2) is 41.3 Å². The lowest BCUT2D eigenvalue weighted by Gasteiger charge is -2.32. The van der Waals surface area contributed by atoms with Gasteiger partial charge in [0.1, 0.15) is 0 Å². The summed E-state index contributed by atoms with van der Waals surface area (Å²) in [5.74, 6) is 0. The molecule has 0 spiro atoms. The molecule has 112 valence electrons. The fourth-order valence-corrected chi connectivity index (χ4v) is 3.12. The van der Waals surface area contributed by atoms with Gasteiger partial charge in [-0.15, -0.1) is 0 Å². The van der Waals surface area contributed by atoms with Crippen molar-refractivity contribution in [3.8, 4) is 11.1 Å². The highest BCUT2D eigenvalue weighted by molar-refractivity contribution is 5.61. The second kappa shape index (κ2) is 6.31. The van der Waals surface area contributed by atoms with Crippen LogP contribution in [-0.4, -0.2) is 33.8 Å². The third kappa shape index (κ3) is 3.27. The fourth-order valence-electron chi connectivity index (χ4n) is 3.12. The van der Waals surface area contributed by atoms with Crippen LogP contribution in [-0.2, 0) is 6.54 Å². The van der Waals surface area contributed by atoms with Gasteiger partial charge in [-0.2, -0.15) is 0 Å². The van der Waals surface area contributed by atoms with Crippen molar-refractivity contribution in [1.82, 2.24) is 14.7 Å². The minimum Gasteiger partial charge on any atom is -0.299 e. The van der Waals surface area contributed by atoms with Gasteiger partial charge in [0.05, 0.1) is 12.1 Å². The fraction of sp³-hybridized carbons (Fsp3) is 0.471. The standard InChI is InChI=1S/C17H23N3O/c1-14(19-10-6-3-7-11-19)12-20-13-16(17(21)18-20)15-8-4-2-5-9-15/h2,4-5,8-9,13-14H,3,6-7,10-12H2,1H3,(H,18,21). The molecule has 0 radical (unpaired) electrons. The molecule has 1 aromatic heterocycles. The number of hydrogen-bond donors (Lipinski definition) is 1. The topological polar surface area (TPSA) is 41.0 Å². The number of aromatic nitrogens is 2. The van der Waals surface area contributed by atoms with E-state index in [4.69, 9.17) is 0 Å². The molecule has 1 unspecified atom stereocenters. The van der Waals surface area contributed by atoms with Gasteiger partial charge in [0, 0.05) is 12.2 Å². The minimum atomic E-state index is -0.00737. The Labute approximate surface area is 125 Å². The first-order chi connectivity index (χ1) is 10.2. The van der Waals surface area contributed by atoms with Crippen LogP contribution in [0.5, 0.6) is 0 Å². The Kier molecular flexibility index (Phi) is 4.25. The van der Waals surface area contributed by atoms with E-state index in [1.54, 1.807) is 0 Å². The van der Waals surface area contributed by atoms with Gasteiger partial charge in [-0.1, -0.05) is 36.8 Å². The minimum absolute atomic E-state index is 0.00737. The zero-order valence-electron chi connectivity index (χ0n) is 12.6. The molecule has 0 bridgehead atoms. The van der Waals surface area contributed by atoms with Gasteiger partial charge in [0.15, 0.2) is 0 Å². The van der Waals surface area contributed by atoms with Crippen molar-refractivity contribution in [3.63, 3.8) is 0 Å². The highest BCUT2D eigenvalue weighted by Gasteiger charge is 2.17. The van der Waals surface area contributed by atoms with Crippen molar-refractivity contribution in [1.29, 1.82) is 0 Å². The lowest BCUT2D eigenvalue weighted by Crippen LogP contribution is -2.40. The van der Waals surface area contributed by atoms with Crippen molar-refractivity contribution in [3.05, 3.63) is 46.9 Å². The maximum atomic E-state index is 12.1. The Bertz CT molecular complexity index is 623. The number of nitrogens with one attached hydrogen (secondary N) is 1. The number of aromatic amines is 1. The first kappa shape index (κ1) is 14.1. The Morgan fingerprint density at radius 2 is 1.86 bits per heavy atom. The van der Waals surface area contributed by atoms with E-state index in [0.29, 0.717) is 6.04 Å². The quantitative estimate of drug-likeness (QED) is 0.938. The van der Waals surface area contributed by atoms with E-state index in [1.165, 1.54) is 32.4 Å². The molecule has 2 aromatic rings. The molecule has 0 saturated carbocycles. The van der Waals surface area contributed by atoms with Crippen molar-refractivity contribution in [2.75, 3.05) is 13.1 Å². The molecule has 2 heterocycles. The second-order valence-corrected chi connectivity index (χ2v) is 5.95. The van der Waals surface area contributed by atoms with Crippen LogP contribution in [0, 0.1) is 0 Å². The lowest BCUT2D eigenvalue weighted by atomic mass is 10.1. The first-order valence-corrected chi connectivity index (χ1v) is 7.83. The molecule has 21 heavy (non-hydrogen) atoms. The van der Waals surface area contributed by atoms with Gasteiger partial charge in [0.2, 0.25) is 0 Å². The van der Waals surface area contributed by atoms with E-state index in [0.717, 1.165) is 17.7 Å². The molecular weight excluding hydrogens is 262 g/mol. The molecule has 0 amide bonds. The van der Waals surface area contributed by atoms with Gasteiger partial charge in [0.25, 0.3) is 5.56 Å². The van der Waals surface area contributed by atoms with Gasteiger partial charge >= 0.3 is 0 Å². The molecule has 1 aliphatic rings. The molecule has 1 aliphatic heterocycles. The average Bonchev–Trinajstić information content (AvgIpc) is 2.89. The maximum Gasteiger partial charge on any atom is 0.271 e. The number of rotatable bonds is 4. The molecule has 1 saturated heterocycles. The van der Waals surface area contributed by atoms with E-state index >= 15 is 0 Å². The summed E-state index contributed by atoms with van der Waals surface area (Å²) in [4.78, 5) is 14.6. The molecule has 0 aliphatic carbocycles. The summed E-state index contributed by atoms with van der Waals surface area (Å²) in [6, 6.07) is 10.3. The molecule has 3 rings (SSSR count). The predicted molar refractivity (Wildman–Crippen MR) is 85.4 cm³/mol. The highest BCUT2D eigenvalue weighted by Crippen LogP contribution is 2.16. The molecule has 1 fully saturated rings. The second-order valence-electron chi connectivity index (χ2n) is 5.95. The SMILES string of the molecule is CC(Cn1cc(-c2ccccc2)c(=O)[nH]1)N1CCCCC1. The molecule has 1 atom stereocenters. The third-order valence-electron chi connectivity index (χ3n) is 4.33. The average molecular weight is 285 g/mol. The zero-order chi connectivity index (χ0) is 14.7. The molecule has 4 heteroatoms.